The van der Waals surface area contributed by atoms with E-state index in [0.29, 0.717) is 0 Å². The molecule has 54 valence electrons. The summed E-state index contributed by atoms with van der Waals surface area (Å²) in [5.41, 5.74) is 5.18. The van der Waals surface area contributed by atoms with Gasteiger partial charge in [-0.2, -0.15) is 18.6 Å². The van der Waals surface area contributed by atoms with E-state index >= 15 is 0 Å². The number of aryl methyl sites for hydroxylation is 1. The molecule has 0 amide bonds. The van der Waals surface area contributed by atoms with E-state index in [1.165, 1.54) is 16.7 Å². The Morgan fingerprint density at radius 1 is 1.00 bits per heavy atom. The smallest absolute Gasteiger partial charge is 0.198 e. The zero-order valence-corrected chi connectivity index (χ0v) is 7.86. The molecule has 0 bridgehead atoms. The van der Waals surface area contributed by atoms with Crippen LogP contribution >= 0.6 is 0 Å². The Kier molecular flexibility index (Phi) is 3.79. The molecule has 0 aromatic heterocycles. The Morgan fingerprint density at radius 3 is 2.00 bits per heavy atom. The Morgan fingerprint density at radius 2 is 1.55 bits per heavy atom. The quantitative estimate of drug-likeness (QED) is 0.346. The van der Waals surface area contributed by atoms with Crippen LogP contribution in [0.15, 0.2) is 12.1 Å². The molecule has 1 aromatic carbocycles. The molecule has 0 heterocycles. The molecule has 0 radical (unpaired) electrons. The van der Waals surface area contributed by atoms with Crippen molar-refractivity contribution in [1.82, 2.24) is 0 Å². The number of rotatable bonds is 0. The third-order valence-corrected chi connectivity index (χ3v) is 2.17. The van der Waals surface area contributed by atoms with Gasteiger partial charge in [0.1, 0.15) is 0 Å². The van der Waals surface area contributed by atoms with Crippen molar-refractivity contribution in [2.24, 2.45) is 0 Å². The third-order valence-electron chi connectivity index (χ3n) is 2.17. The van der Waals surface area contributed by atoms with E-state index < -0.39 is 0 Å². The van der Waals surface area contributed by atoms with Crippen molar-refractivity contribution in [2.45, 2.75) is 20.8 Å². The van der Waals surface area contributed by atoms with Gasteiger partial charge in [0, 0.05) is 0 Å². The first-order chi connectivity index (χ1) is 4.63. The molecule has 0 unspecified atom stereocenters. The minimum Gasteiger partial charge on any atom is -0.198 e. The summed E-state index contributed by atoms with van der Waals surface area (Å²) in [7, 11) is 0. The fourth-order valence-electron chi connectivity index (χ4n) is 1.01. The van der Waals surface area contributed by atoms with Gasteiger partial charge in [-0.1, -0.05) is 19.4 Å². The third kappa shape index (κ3) is 2.06. The van der Waals surface area contributed by atoms with E-state index in [-0.39, 0.29) is 18.9 Å². The van der Waals surface area contributed by atoms with Gasteiger partial charge in [0.2, 0.25) is 0 Å². The molecule has 0 fully saturated rings. The topological polar surface area (TPSA) is 0 Å². The Balaban J connectivity index is 0.000001000. The molecule has 0 aliphatic heterocycles. The Bertz CT molecular complexity index is 224. The largest absolute Gasteiger partial charge is 1.00 e. The molecule has 1 heteroatoms. The van der Waals surface area contributed by atoms with Gasteiger partial charge in [0.25, 0.3) is 0 Å². The van der Waals surface area contributed by atoms with Crippen LogP contribution in [0.25, 0.3) is 0 Å². The molecule has 1 rings (SSSR count). The predicted molar refractivity (Wildman–Crippen MR) is 45.1 cm³/mol. The van der Waals surface area contributed by atoms with Gasteiger partial charge in [-0.05, 0) is 6.92 Å². The summed E-state index contributed by atoms with van der Waals surface area (Å²) in [4.78, 5) is 0. The molecule has 0 saturated heterocycles. The number of benzene rings is 1. The maximum Gasteiger partial charge on any atom is 1.00 e. The average molecular weight is 140 g/mol. The molecule has 0 atom stereocenters. The Labute approximate surface area is 81.2 Å². The molecule has 0 N–H and O–H groups in total. The van der Waals surface area contributed by atoms with E-state index in [1.807, 2.05) is 0 Å². The summed E-state index contributed by atoms with van der Waals surface area (Å²) >= 11 is 0. The van der Waals surface area contributed by atoms with Crippen molar-refractivity contribution < 1.29 is 18.9 Å². The van der Waals surface area contributed by atoms with Crippen LogP contribution in [0.5, 0.6) is 0 Å². The van der Waals surface area contributed by atoms with Crippen molar-refractivity contribution in [3.8, 4) is 0 Å². The fourth-order valence-corrected chi connectivity index (χ4v) is 1.01. The average Bonchev–Trinajstić information content (AvgIpc) is 1.93. The summed E-state index contributed by atoms with van der Waals surface area (Å²) in [6.45, 7) is 10.3. The van der Waals surface area contributed by atoms with Gasteiger partial charge in [-0.3, -0.25) is 0 Å². The summed E-state index contributed by atoms with van der Waals surface area (Å²) in [5, 5.41) is 0. The van der Waals surface area contributed by atoms with Crippen LogP contribution in [0, 0.1) is 27.7 Å². The van der Waals surface area contributed by atoms with Crippen molar-refractivity contribution in [3.05, 3.63) is 41.3 Å². The standard InChI is InChI=1S/C10H13.Li/c1-7-5-6-8(2)10(4)9(7)3;/h5-6H,1H2,2-4H3;/q-1;+1. The summed E-state index contributed by atoms with van der Waals surface area (Å²) in [6, 6.07) is 4.18. The van der Waals surface area contributed by atoms with Crippen LogP contribution < -0.4 is 18.9 Å². The molecule has 0 saturated carbocycles. The van der Waals surface area contributed by atoms with E-state index in [1.54, 1.807) is 0 Å². The van der Waals surface area contributed by atoms with E-state index in [2.05, 4.69) is 39.8 Å². The van der Waals surface area contributed by atoms with Crippen LogP contribution in [0.1, 0.15) is 22.3 Å². The minimum atomic E-state index is 0. The summed E-state index contributed by atoms with van der Waals surface area (Å²) in [5.74, 6) is 0. The van der Waals surface area contributed by atoms with Crippen molar-refractivity contribution in [3.63, 3.8) is 0 Å². The van der Waals surface area contributed by atoms with Crippen LogP contribution in [0.2, 0.25) is 0 Å². The van der Waals surface area contributed by atoms with E-state index in [9.17, 15) is 0 Å². The Hall–Kier alpha value is -0.313. The molecule has 1 aromatic rings. The number of hydrogen-bond donors (Lipinski definition) is 0. The summed E-state index contributed by atoms with van der Waals surface area (Å²) in [6.07, 6.45) is 0. The van der Waals surface area contributed by atoms with Crippen molar-refractivity contribution in [2.75, 3.05) is 0 Å². The van der Waals surface area contributed by atoms with Gasteiger partial charge < -0.3 is 0 Å². The van der Waals surface area contributed by atoms with Crippen molar-refractivity contribution >= 4 is 0 Å². The second-order valence-electron chi connectivity index (χ2n) is 2.79. The normalized spacial score (nSPS) is 9.00. The van der Waals surface area contributed by atoms with Gasteiger partial charge in [-0.15, -0.1) is 17.2 Å². The number of hydrogen-bond acceptors (Lipinski definition) is 0. The molecule has 0 aliphatic carbocycles. The van der Waals surface area contributed by atoms with Crippen LogP contribution in [0.3, 0.4) is 0 Å². The van der Waals surface area contributed by atoms with E-state index in [0.717, 1.165) is 5.56 Å². The first kappa shape index (κ1) is 10.7. The first-order valence-electron chi connectivity index (χ1n) is 3.51. The van der Waals surface area contributed by atoms with Crippen LogP contribution in [0.4, 0.5) is 0 Å². The molecule has 0 aliphatic rings. The second kappa shape index (κ2) is 3.90. The fraction of sp³-hybridized carbons (Fsp3) is 0.300. The molecular weight excluding hydrogens is 127 g/mol. The zero-order chi connectivity index (χ0) is 7.72. The first-order valence-corrected chi connectivity index (χ1v) is 3.51. The molecule has 11 heavy (non-hydrogen) atoms. The maximum atomic E-state index is 3.92. The summed E-state index contributed by atoms with van der Waals surface area (Å²) < 4.78 is 0. The second-order valence-corrected chi connectivity index (χ2v) is 2.79. The molecular formula is C10H13Li. The van der Waals surface area contributed by atoms with Gasteiger partial charge in [0.05, 0.1) is 0 Å². The zero-order valence-electron chi connectivity index (χ0n) is 7.86. The van der Waals surface area contributed by atoms with Crippen molar-refractivity contribution in [1.29, 1.82) is 0 Å². The molecule has 0 nitrogen and oxygen atoms in total. The SMILES string of the molecule is [CH2-]c1ccc(C)c(C)c1C.[Li+]. The van der Waals surface area contributed by atoms with Gasteiger partial charge in [-0.25, -0.2) is 0 Å². The van der Waals surface area contributed by atoms with Crippen LogP contribution in [-0.2, 0) is 0 Å². The molecule has 0 spiro atoms. The maximum absolute atomic E-state index is 3.92. The van der Waals surface area contributed by atoms with Gasteiger partial charge >= 0.3 is 18.9 Å². The predicted octanol–water partition coefficient (Wildman–Crippen LogP) is -0.202. The van der Waals surface area contributed by atoms with Gasteiger partial charge in [0.15, 0.2) is 0 Å². The minimum absolute atomic E-state index is 0. The van der Waals surface area contributed by atoms with E-state index in [4.69, 9.17) is 0 Å². The van der Waals surface area contributed by atoms with Crippen LogP contribution in [-0.4, -0.2) is 0 Å². The monoisotopic (exact) mass is 140 g/mol.